The van der Waals surface area contributed by atoms with Crippen LogP contribution in [0.4, 0.5) is 11.5 Å². The van der Waals surface area contributed by atoms with Gasteiger partial charge < -0.3 is 5.32 Å². The van der Waals surface area contributed by atoms with Crippen LogP contribution in [0.2, 0.25) is 0 Å². The van der Waals surface area contributed by atoms with Crippen LogP contribution in [-0.4, -0.2) is 21.6 Å². The van der Waals surface area contributed by atoms with Crippen LogP contribution in [-0.2, 0) is 4.79 Å². The minimum absolute atomic E-state index is 0.165. The number of nitriles is 1. The van der Waals surface area contributed by atoms with Gasteiger partial charge in [-0.1, -0.05) is 60.7 Å². The topological polar surface area (TPSA) is 91.0 Å². The molecule has 1 saturated carbocycles. The van der Waals surface area contributed by atoms with Crippen molar-refractivity contribution in [2.45, 2.75) is 13.3 Å². The fourth-order valence-corrected chi connectivity index (χ4v) is 4.78. The number of nitrogens with zero attached hydrogens (tertiary/aromatic N) is 4. The Morgan fingerprint density at radius 1 is 0.974 bits per heavy atom. The van der Waals surface area contributed by atoms with Gasteiger partial charge in [0.2, 0.25) is 5.91 Å². The molecule has 5 aromatic rings. The van der Waals surface area contributed by atoms with Gasteiger partial charge in [0, 0.05) is 40.7 Å². The summed E-state index contributed by atoms with van der Waals surface area (Å²) in [6, 6.07) is 30.4. The van der Waals surface area contributed by atoms with E-state index < -0.39 is 0 Å². The summed E-state index contributed by atoms with van der Waals surface area (Å²) in [7, 11) is 0. The maximum atomic E-state index is 12.6. The van der Waals surface area contributed by atoms with Crippen molar-refractivity contribution < 1.29 is 4.79 Å². The van der Waals surface area contributed by atoms with E-state index in [-0.39, 0.29) is 17.7 Å². The number of amides is 1. The zero-order valence-corrected chi connectivity index (χ0v) is 21.4. The predicted octanol–water partition coefficient (Wildman–Crippen LogP) is 6.87. The van der Waals surface area contributed by atoms with Crippen LogP contribution >= 0.6 is 0 Å². The first-order valence-electron chi connectivity index (χ1n) is 12.9. The molecule has 188 valence electrons. The molecule has 1 aliphatic rings. The lowest BCUT2D eigenvalue weighted by Crippen LogP contribution is -2.15. The van der Waals surface area contributed by atoms with E-state index in [1.165, 1.54) is 0 Å². The van der Waals surface area contributed by atoms with Gasteiger partial charge in [-0.3, -0.25) is 9.78 Å². The number of aryl methyl sites for hydroxylation is 1. The first kappa shape index (κ1) is 24.2. The minimum Gasteiger partial charge on any atom is -0.310 e. The van der Waals surface area contributed by atoms with Gasteiger partial charge in [0.25, 0.3) is 0 Å². The number of aromatic nitrogens is 2. The maximum Gasteiger partial charge on any atom is 0.230 e. The highest BCUT2D eigenvalue weighted by Gasteiger charge is 2.43. The number of fused-ring (bicyclic) bond motifs is 1. The van der Waals surface area contributed by atoms with Gasteiger partial charge in [-0.05, 0) is 54.1 Å². The largest absolute Gasteiger partial charge is 0.310 e. The molecule has 39 heavy (non-hydrogen) atoms. The first-order valence-corrected chi connectivity index (χ1v) is 12.9. The van der Waals surface area contributed by atoms with Crippen molar-refractivity contribution >= 4 is 33.9 Å². The molecule has 2 atom stereocenters. The van der Waals surface area contributed by atoms with Gasteiger partial charge in [0.1, 0.15) is 5.82 Å². The molecule has 1 amide bonds. The second-order valence-corrected chi connectivity index (χ2v) is 9.74. The van der Waals surface area contributed by atoms with Gasteiger partial charge in [-0.15, -0.1) is 0 Å². The van der Waals surface area contributed by atoms with Crippen LogP contribution in [0.1, 0.15) is 23.1 Å². The molecule has 2 heterocycles. The lowest BCUT2D eigenvalue weighted by molar-refractivity contribution is -0.117. The lowest BCUT2D eigenvalue weighted by Gasteiger charge is -2.13. The van der Waals surface area contributed by atoms with Crippen LogP contribution < -0.4 is 5.32 Å². The average Bonchev–Trinajstić information content (AvgIpc) is 3.77. The third kappa shape index (κ3) is 5.03. The molecular formula is C33H25N5O. The van der Waals surface area contributed by atoms with Crippen molar-refractivity contribution in [3.8, 4) is 17.2 Å². The minimum atomic E-state index is -0.267. The van der Waals surface area contributed by atoms with Crippen LogP contribution in [0.5, 0.6) is 0 Å². The highest BCUT2D eigenvalue weighted by atomic mass is 16.2. The van der Waals surface area contributed by atoms with Crippen molar-refractivity contribution in [3.63, 3.8) is 0 Å². The monoisotopic (exact) mass is 507 g/mol. The summed E-state index contributed by atoms with van der Waals surface area (Å²) in [5, 5.41) is 13.8. The fraction of sp³-hybridized carbons (Fsp3) is 0.121. The highest BCUT2D eigenvalue weighted by molar-refractivity contribution is 6.15. The molecule has 0 spiro atoms. The van der Waals surface area contributed by atoms with Crippen molar-refractivity contribution in [2.24, 2.45) is 16.8 Å². The number of benzene rings is 3. The Bertz CT molecular complexity index is 1720. The van der Waals surface area contributed by atoms with E-state index in [2.05, 4.69) is 64.7 Å². The Balaban J connectivity index is 1.52. The Morgan fingerprint density at radius 3 is 2.33 bits per heavy atom. The van der Waals surface area contributed by atoms with E-state index in [1.807, 2.05) is 54.7 Å². The average molecular weight is 508 g/mol. The van der Waals surface area contributed by atoms with E-state index >= 15 is 0 Å². The zero-order chi connectivity index (χ0) is 26.8. The Kier molecular flexibility index (Phi) is 6.40. The zero-order valence-electron chi connectivity index (χ0n) is 21.4. The van der Waals surface area contributed by atoms with E-state index in [0.29, 0.717) is 12.2 Å². The normalized spacial score (nSPS) is 15.8. The third-order valence-electron chi connectivity index (χ3n) is 7.04. The molecule has 0 aliphatic heterocycles. The number of hydrogen-bond acceptors (Lipinski definition) is 5. The van der Waals surface area contributed by atoms with Gasteiger partial charge in [0.05, 0.1) is 29.3 Å². The number of rotatable bonds is 6. The molecule has 2 aromatic heterocycles. The number of carbonyl (C=O) groups excluding carboxylic acids is 1. The van der Waals surface area contributed by atoms with Gasteiger partial charge >= 0.3 is 0 Å². The van der Waals surface area contributed by atoms with E-state index in [1.54, 1.807) is 12.4 Å². The highest BCUT2D eigenvalue weighted by Crippen LogP contribution is 2.39. The third-order valence-corrected chi connectivity index (χ3v) is 7.04. The molecule has 6 rings (SSSR count). The maximum absolute atomic E-state index is 12.6. The lowest BCUT2D eigenvalue weighted by atomic mass is 9.98. The number of aliphatic imine (C=N–C) groups is 1. The fourth-order valence-electron chi connectivity index (χ4n) is 4.78. The van der Waals surface area contributed by atoms with Crippen LogP contribution in [0.25, 0.3) is 21.9 Å². The molecule has 1 aliphatic carbocycles. The second kappa shape index (κ2) is 10.3. The number of pyridine rings is 2. The molecular weight excluding hydrogens is 482 g/mol. The van der Waals surface area contributed by atoms with Crippen molar-refractivity contribution in [1.29, 1.82) is 5.26 Å². The number of anilines is 1. The molecule has 1 N–H and O–H groups in total. The summed E-state index contributed by atoms with van der Waals surface area (Å²) in [6.45, 7) is 2.06. The predicted molar refractivity (Wildman–Crippen MR) is 154 cm³/mol. The van der Waals surface area contributed by atoms with Crippen molar-refractivity contribution in [2.75, 3.05) is 5.32 Å². The number of hydrogen-bond donors (Lipinski definition) is 1. The Morgan fingerprint density at radius 2 is 1.69 bits per heavy atom. The van der Waals surface area contributed by atoms with Gasteiger partial charge in [-0.25, -0.2) is 9.98 Å². The molecule has 6 heteroatoms. The summed E-state index contributed by atoms with van der Waals surface area (Å²) in [5.74, 6) is -0.184. The molecule has 6 nitrogen and oxygen atoms in total. The summed E-state index contributed by atoms with van der Waals surface area (Å²) >= 11 is 0. The summed E-state index contributed by atoms with van der Waals surface area (Å²) < 4.78 is 0. The first-order chi connectivity index (χ1) is 19.1. The quantitative estimate of drug-likeness (QED) is 0.254. The van der Waals surface area contributed by atoms with E-state index in [4.69, 9.17) is 10.3 Å². The Labute approximate surface area is 226 Å². The number of nitrogens with one attached hydrogen (secondary N) is 1. The Hall–Kier alpha value is -5.15. The van der Waals surface area contributed by atoms with E-state index in [9.17, 15) is 4.79 Å². The van der Waals surface area contributed by atoms with E-state index in [0.717, 1.165) is 50.0 Å². The molecule has 1 unspecified atom stereocenters. The van der Waals surface area contributed by atoms with Crippen molar-refractivity contribution in [3.05, 3.63) is 120 Å². The molecule has 1 fully saturated rings. The SMILES string of the molecule is Cc1ccncc1-c1cc(N=C(c2ccccc2)c2ccccc2)c2cnc(NC(=O)[C@H]3CC3C#N)cc2c1. The summed E-state index contributed by atoms with van der Waals surface area (Å²) in [6.07, 6.45) is 6.00. The smallest absolute Gasteiger partial charge is 0.230 e. The summed E-state index contributed by atoms with van der Waals surface area (Å²) in [4.78, 5) is 26.7. The van der Waals surface area contributed by atoms with Crippen LogP contribution in [0, 0.1) is 30.1 Å². The molecule has 0 saturated heterocycles. The van der Waals surface area contributed by atoms with Gasteiger partial charge in [-0.2, -0.15) is 5.26 Å². The standard InChI is InChI=1S/C33H25N5O/c1-21-12-13-35-19-28(21)24-14-25-17-31(38-33(39)27-15-26(27)18-34)36-20-29(25)30(16-24)37-32(22-8-4-2-5-9-22)23-10-6-3-7-11-23/h2-14,16-17,19-20,26-27H,15H2,1H3,(H,36,38,39)/t26?,27-/m0/s1. The summed E-state index contributed by atoms with van der Waals surface area (Å²) in [5.41, 5.74) is 6.72. The van der Waals surface area contributed by atoms with Crippen LogP contribution in [0.15, 0.2) is 109 Å². The van der Waals surface area contributed by atoms with Gasteiger partial charge in [0.15, 0.2) is 0 Å². The molecule has 0 bridgehead atoms. The molecule has 3 aromatic carbocycles. The van der Waals surface area contributed by atoms with Crippen molar-refractivity contribution in [1.82, 2.24) is 9.97 Å². The molecule has 0 radical (unpaired) electrons. The van der Waals surface area contributed by atoms with Crippen LogP contribution in [0.3, 0.4) is 0 Å². The second-order valence-electron chi connectivity index (χ2n) is 9.74. The number of carbonyl (C=O) groups is 1.